The van der Waals surface area contributed by atoms with E-state index in [1.165, 1.54) is 25.7 Å². The largest absolute Gasteiger partial charge is 0.370 e. The van der Waals surface area contributed by atoms with E-state index < -0.39 is 0 Å². The number of carbonyl (C=O) groups excluding carboxylic acids is 2. The molecule has 1 rings (SSSR count). The van der Waals surface area contributed by atoms with Gasteiger partial charge in [0.2, 0.25) is 11.8 Å². The van der Waals surface area contributed by atoms with E-state index >= 15 is 0 Å². The minimum Gasteiger partial charge on any atom is -0.370 e. The molecule has 2 N–H and O–H groups in total. The molecule has 4 heteroatoms. The van der Waals surface area contributed by atoms with Crippen molar-refractivity contribution < 1.29 is 9.59 Å². The lowest BCUT2D eigenvalue weighted by Crippen LogP contribution is -2.36. The number of hydrogen-bond donors (Lipinski definition) is 1. The average molecular weight is 254 g/mol. The fraction of sp³-hybridized carbons (Fsp3) is 0.857. The number of amides is 2. The summed E-state index contributed by atoms with van der Waals surface area (Å²) < 4.78 is 0. The summed E-state index contributed by atoms with van der Waals surface area (Å²) in [6, 6.07) is 0. The highest BCUT2D eigenvalue weighted by molar-refractivity contribution is 5.82. The highest BCUT2D eigenvalue weighted by Crippen LogP contribution is 2.25. The second kappa shape index (κ2) is 8.11. The molecule has 0 unspecified atom stereocenters. The van der Waals surface area contributed by atoms with Crippen molar-refractivity contribution in [2.45, 2.75) is 58.3 Å². The molecular formula is C14H26N2O2. The van der Waals surface area contributed by atoms with Gasteiger partial charge in [-0.3, -0.25) is 9.59 Å². The topological polar surface area (TPSA) is 63.4 Å². The minimum atomic E-state index is -0.389. The van der Waals surface area contributed by atoms with Crippen molar-refractivity contribution in [2.24, 2.45) is 11.7 Å². The van der Waals surface area contributed by atoms with Crippen LogP contribution in [-0.4, -0.2) is 29.8 Å². The molecule has 1 aliphatic carbocycles. The van der Waals surface area contributed by atoms with Crippen molar-refractivity contribution in [3.05, 3.63) is 0 Å². The van der Waals surface area contributed by atoms with E-state index in [1.807, 2.05) is 4.90 Å². The summed E-state index contributed by atoms with van der Waals surface area (Å²) in [7, 11) is 0. The van der Waals surface area contributed by atoms with Crippen molar-refractivity contribution in [3.63, 3.8) is 0 Å². The Morgan fingerprint density at radius 2 is 1.89 bits per heavy atom. The van der Waals surface area contributed by atoms with Gasteiger partial charge in [0.1, 0.15) is 0 Å². The summed E-state index contributed by atoms with van der Waals surface area (Å²) in [6.07, 6.45) is 7.64. The molecule has 0 aromatic carbocycles. The predicted octanol–water partition coefficient (Wildman–Crippen LogP) is 2.07. The van der Waals surface area contributed by atoms with E-state index in [-0.39, 0.29) is 24.7 Å². The fourth-order valence-electron chi connectivity index (χ4n) is 2.56. The van der Waals surface area contributed by atoms with Crippen LogP contribution in [0.5, 0.6) is 0 Å². The zero-order chi connectivity index (χ0) is 13.4. The van der Waals surface area contributed by atoms with Crippen LogP contribution in [-0.2, 0) is 9.59 Å². The molecular weight excluding hydrogens is 228 g/mol. The SMILES string of the molecule is CCCCN(CC1CCCC1)C(=O)CCC(N)=O. The Morgan fingerprint density at radius 3 is 2.44 bits per heavy atom. The lowest BCUT2D eigenvalue weighted by molar-refractivity contribution is -0.133. The van der Waals surface area contributed by atoms with E-state index in [0.717, 1.165) is 25.9 Å². The van der Waals surface area contributed by atoms with Crippen molar-refractivity contribution in [1.82, 2.24) is 4.90 Å². The van der Waals surface area contributed by atoms with Gasteiger partial charge in [-0.1, -0.05) is 26.2 Å². The monoisotopic (exact) mass is 254 g/mol. The van der Waals surface area contributed by atoms with E-state index in [0.29, 0.717) is 5.92 Å². The Morgan fingerprint density at radius 1 is 1.22 bits per heavy atom. The third kappa shape index (κ3) is 5.52. The number of primary amides is 1. The molecule has 0 spiro atoms. The lowest BCUT2D eigenvalue weighted by atomic mass is 10.1. The number of unbranched alkanes of at least 4 members (excludes halogenated alkanes) is 1. The van der Waals surface area contributed by atoms with Gasteiger partial charge >= 0.3 is 0 Å². The number of hydrogen-bond acceptors (Lipinski definition) is 2. The van der Waals surface area contributed by atoms with Crippen LogP contribution in [0.1, 0.15) is 58.3 Å². The Bertz CT molecular complexity index is 273. The molecule has 1 fully saturated rings. The predicted molar refractivity (Wildman–Crippen MR) is 71.9 cm³/mol. The van der Waals surface area contributed by atoms with Gasteiger partial charge in [-0.25, -0.2) is 0 Å². The third-order valence-corrected chi connectivity index (χ3v) is 3.67. The van der Waals surface area contributed by atoms with Crippen LogP contribution >= 0.6 is 0 Å². The van der Waals surface area contributed by atoms with Crippen LogP contribution in [0.25, 0.3) is 0 Å². The summed E-state index contributed by atoms with van der Waals surface area (Å²) in [5.74, 6) is 0.369. The van der Waals surface area contributed by atoms with E-state index in [1.54, 1.807) is 0 Å². The van der Waals surface area contributed by atoms with Crippen LogP contribution in [0.4, 0.5) is 0 Å². The number of carbonyl (C=O) groups is 2. The quantitative estimate of drug-likeness (QED) is 0.720. The maximum atomic E-state index is 12.1. The van der Waals surface area contributed by atoms with E-state index in [4.69, 9.17) is 5.73 Å². The molecule has 1 saturated carbocycles. The Balaban J connectivity index is 2.41. The first kappa shape index (κ1) is 15.0. The van der Waals surface area contributed by atoms with Crippen molar-refractivity contribution >= 4 is 11.8 Å². The molecule has 4 nitrogen and oxygen atoms in total. The third-order valence-electron chi connectivity index (χ3n) is 3.67. The normalized spacial score (nSPS) is 15.8. The maximum Gasteiger partial charge on any atom is 0.223 e. The van der Waals surface area contributed by atoms with Gasteiger partial charge in [-0.05, 0) is 25.2 Å². The van der Waals surface area contributed by atoms with Gasteiger partial charge in [-0.2, -0.15) is 0 Å². The van der Waals surface area contributed by atoms with Gasteiger partial charge in [0.05, 0.1) is 0 Å². The standard InChI is InChI=1S/C14H26N2O2/c1-2-3-10-16(11-12-6-4-5-7-12)14(18)9-8-13(15)17/h12H,2-11H2,1H3,(H2,15,17). The Hall–Kier alpha value is -1.06. The molecule has 1 aliphatic rings. The number of nitrogens with two attached hydrogens (primary N) is 1. The second-order valence-electron chi connectivity index (χ2n) is 5.31. The molecule has 0 heterocycles. The summed E-state index contributed by atoms with van der Waals surface area (Å²) >= 11 is 0. The smallest absolute Gasteiger partial charge is 0.223 e. The minimum absolute atomic E-state index is 0.0918. The molecule has 0 aliphatic heterocycles. The van der Waals surface area contributed by atoms with E-state index in [9.17, 15) is 9.59 Å². The zero-order valence-electron chi connectivity index (χ0n) is 11.5. The highest BCUT2D eigenvalue weighted by atomic mass is 16.2. The van der Waals surface area contributed by atoms with Crippen LogP contribution in [0.15, 0.2) is 0 Å². The summed E-state index contributed by atoms with van der Waals surface area (Å²) in [4.78, 5) is 24.7. The first-order valence-corrected chi connectivity index (χ1v) is 7.19. The van der Waals surface area contributed by atoms with Gasteiger partial charge in [-0.15, -0.1) is 0 Å². The molecule has 0 radical (unpaired) electrons. The first-order valence-electron chi connectivity index (χ1n) is 7.19. The molecule has 104 valence electrons. The fourth-order valence-corrected chi connectivity index (χ4v) is 2.56. The first-order chi connectivity index (χ1) is 8.63. The molecule has 18 heavy (non-hydrogen) atoms. The van der Waals surface area contributed by atoms with Crippen molar-refractivity contribution in [3.8, 4) is 0 Å². The molecule has 0 aromatic rings. The molecule has 2 amide bonds. The molecule has 0 aromatic heterocycles. The zero-order valence-corrected chi connectivity index (χ0v) is 11.5. The van der Waals surface area contributed by atoms with E-state index in [2.05, 4.69) is 6.92 Å². The molecule has 0 atom stereocenters. The van der Waals surface area contributed by atoms with Gasteiger partial charge in [0, 0.05) is 25.9 Å². The average Bonchev–Trinajstić information content (AvgIpc) is 2.84. The summed E-state index contributed by atoms with van der Waals surface area (Å²) in [5.41, 5.74) is 5.09. The number of rotatable bonds is 8. The molecule has 0 bridgehead atoms. The van der Waals surface area contributed by atoms with Crippen LogP contribution < -0.4 is 5.73 Å². The second-order valence-corrected chi connectivity index (χ2v) is 5.31. The lowest BCUT2D eigenvalue weighted by Gasteiger charge is -2.25. The van der Waals surface area contributed by atoms with Crippen molar-refractivity contribution in [2.75, 3.05) is 13.1 Å². The Kier molecular flexibility index (Phi) is 6.76. The van der Waals surface area contributed by atoms with Crippen LogP contribution in [0.2, 0.25) is 0 Å². The van der Waals surface area contributed by atoms with Crippen LogP contribution in [0.3, 0.4) is 0 Å². The Labute approximate surface area is 110 Å². The number of nitrogens with zero attached hydrogens (tertiary/aromatic N) is 1. The molecule has 0 saturated heterocycles. The summed E-state index contributed by atoms with van der Waals surface area (Å²) in [6.45, 7) is 3.82. The van der Waals surface area contributed by atoms with Gasteiger partial charge < -0.3 is 10.6 Å². The van der Waals surface area contributed by atoms with Crippen LogP contribution in [0, 0.1) is 5.92 Å². The van der Waals surface area contributed by atoms with Gasteiger partial charge in [0.25, 0.3) is 0 Å². The highest BCUT2D eigenvalue weighted by Gasteiger charge is 2.21. The maximum absolute atomic E-state index is 12.1. The van der Waals surface area contributed by atoms with Gasteiger partial charge in [0.15, 0.2) is 0 Å². The summed E-state index contributed by atoms with van der Waals surface area (Å²) in [5, 5.41) is 0. The van der Waals surface area contributed by atoms with Crippen molar-refractivity contribution in [1.29, 1.82) is 0 Å².